The first-order valence-corrected chi connectivity index (χ1v) is 9.06. The van der Waals surface area contributed by atoms with E-state index in [-0.39, 0.29) is 34.9 Å². The van der Waals surface area contributed by atoms with Gasteiger partial charge < -0.3 is 9.84 Å². The van der Waals surface area contributed by atoms with Crippen LogP contribution in [0.5, 0.6) is 0 Å². The van der Waals surface area contributed by atoms with Crippen LogP contribution in [0.15, 0.2) is 23.1 Å². The van der Waals surface area contributed by atoms with E-state index in [0.29, 0.717) is 0 Å². The number of sulfonamides is 1. The Labute approximate surface area is 146 Å². The fraction of sp³-hybridized carbons (Fsp3) is 0.467. The smallest absolute Gasteiger partial charge is 0.338 e. The van der Waals surface area contributed by atoms with E-state index < -0.39 is 27.5 Å². The highest BCUT2D eigenvalue weighted by Gasteiger charge is 2.27. The second kappa shape index (κ2) is 7.96. The van der Waals surface area contributed by atoms with Crippen molar-refractivity contribution in [3.05, 3.63) is 28.8 Å². The molecule has 1 rings (SSSR count). The number of esters is 1. The van der Waals surface area contributed by atoms with Crippen molar-refractivity contribution in [1.82, 2.24) is 4.72 Å². The number of aliphatic carboxylic acids is 1. The zero-order valence-corrected chi connectivity index (χ0v) is 15.2. The Kier molecular flexibility index (Phi) is 6.76. The summed E-state index contributed by atoms with van der Waals surface area (Å²) in [5, 5.41) is 8.80. The van der Waals surface area contributed by atoms with E-state index in [1.807, 2.05) is 0 Å². The zero-order chi connectivity index (χ0) is 18.5. The summed E-state index contributed by atoms with van der Waals surface area (Å²) >= 11 is 5.90. The summed E-state index contributed by atoms with van der Waals surface area (Å²) in [5.41, 5.74) is -0.961. The van der Waals surface area contributed by atoms with Gasteiger partial charge >= 0.3 is 11.9 Å². The van der Waals surface area contributed by atoms with Crippen LogP contribution in [0.25, 0.3) is 0 Å². The van der Waals surface area contributed by atoms with Crippen molar-refractivity contribution in [3.63, 3.8) is 0 Å². The van der Waals surface area contributed by atoms with Crippen LogP contribution in [0.3, 0.4) is 0 Å². The van der Waals surface area contributed by atoms with Gasteiger partial charge in [-0.25, -0.2) is 17.9 Å². The van der Waals surface area contributed by atoms with Crippen molar-refractivity contribution >= 4 is 33.6 Å². The lowest BCUT2D eigenvalue weighted by Crippen LogP contribution is -2.43. The lowest BCUT2D eigenvalue weighted by molar-refractivity contribution is -0.137. The molecule has 24 heavy (non-hydrogen) atoms. The lowest BCUT2D eigenvalue weighted by atomic mass is 10.0. The Balaban J connectivity index is 3.10. The number of hydrogen-bond donors (Lipinski definition) is 2. The van der Waals surface area contributed by atoms with Crippen LogP contribution < -0.4 is 4.72 Å². The Hall–Kier alpha value is -1.64. The summed E-state index contributed by atoms with van der Waals surface area (Å²) in [4.78, 5) is 22.2. The van der Waals surface area contributed by atoms with Gasteiger partial charge in [-0.3, -0.25) is 4.79 Å². The normalized spacial score (nSPS) is 12.0. The summed E-state index contributed by atoms with van der Waals surface area (Å²) in [6.45, 7) is 4.93. The number of hydrogen-bond acceptors (Lipinski definition) is 5. The van der Waals surface area contributed by atoms with Crippen molar-refractivity contribution < 1.29 is 27.9 Å². The van der Waals surface area contributed by atoms with E-state index in [9.17, 15) is 18.0 Å². The molecule has 0 saturated heterocycles. The van der Waals surface area contributed by atoms with Crippen molar-refractivity contribution in [2.24, 2.45) is 0 Å². The van der Waals surface area contributed by atoms with E-state index in [0.717, 1.165) is 0 Å². The van der Waals surface area contributed by atoms with E-state index in [1.165, 1.54) is 18.2 Å². The third kappa shape index (κ3) is 6.10. The SMILES string of the molecule is CCOC(=O)c1cc(Cl)cc(S(=O)(=O)NC(C)(C)CCC(=O)O)c1. The highest BCUT2D eigenvalue weighted by Crippen LogP contribution is 2.22. The van der Waals surface area contributed by atoms with Gasteiger partial charge in [0, 0.05) is 17.0 Å². The van der Waals surface area contributed by atoms with Crippen LogP contribution in [0.2, 0.25) is 5.02 Å². The number of nitrogens with one attached hydrogen (secondary N) is 1. The van der Waals surface area contributed by atoms with Crippen LogP contribution >= 0.6 is 11.6 Å². The fourth-order valence-electron chi connectivity index (χ4n) is 1.94. The minimum atomic E-state index is -3.99. The molecule has 134 valence electrons. The molecule has 0 unspecified atom stereocenters. The van der Waals surface area contributed by atoms with Crippen molar-refractivity contribution in [1.29, 1.82) is 0 Å². The topological polar surface area (TPSA) is 110 Å². The highest BCUT2D eigenvalue weighted by molar-refractivity contribution is 7.89. The molecule has 0 spiro atoms. The maximum absolute atomic E-state index is 12.5. The van der Waals surface area contributed by atoms with Gasteiger partial charge in [-0.1, -0.05) is 11.6 Å². The molecule has 0 aliphatic rings. The number of carbonyl (C=O) groups is 2. The lowest BCUT2D eigenvalue weighted by Gasteiger charge is -2.25. The van der Waals surface area contributed by atoms with E-state index in [2.05, 4.69) is 4.72 Å². The fourth-order valence-corrected chi connectivity index (χ4v) is 3.75. The molecule has 9 heteroatoms. The Morgan fingerprint density at radius 1 is 1.29 bits per heavy atom. The number of rotatable bonds is 8. The zero-order valence-electron chi connectivity index (χ0n) is 13.6. The predicted molar refractivity (Wildman–Crippen MR) is 88.7 cm³/mol. The molecule has 0 atom stereocenters. The maximum Gasteiger partial charge on any atom is 0.338 e. The van der Waals surface area contributed by atoms with Gasteiger partial charge in [-0.2, -0.15) is 0 Å². The largest absolute Gasteiger partial charge is 0.481 e. The molecule has 0 aliphatic carbocycles. The van der Waals surface area contributed by atoms with Crippen LogP contribution in [-0.2, 0) is 19.6 Å². The molecule has 7 nitrogen and oxygen atoms in total. The van der Waals surface area contributed by atoms with Crippen molar-refractivity contribution in [2.75, 3.05) is 6.61 Å². The quantitative estimate of drug-likeness (QED) is 0.673. The number of halogens is 1. The first-order valence-electron chi connectivity index (χ1n) is 7.20. The first kappa shape index (κ1) is 20.4. The number of ether oxygens (including phenoxy) is 1. The molecule has 0 bridgehead atoms. The van der Waals surface area contributed by atoms with Gasteiger partial charge in [0.1, 0.15) is 0 Å². The third-order valence-electron chi connectivity index (χ3n) is 3.07. The summed E-state index contributed by atoms with van der Waals surface area (Å²) < 4.78 is 32.3. The standard InChI is InChI=1S/C15H20ClNO6S/c1-4-23-14(20)10-7-11(16)9-12(8-10)24(21,22)17-15(2,3)6-5-13(18)19/h7-9,17H,4-6H2,1-3H3,(H,18,19). The molecule has 0 heterocycles. The Morgan fingerprint density at radius 3 is 2.46 bits per heavy atom. The number of carbonyl (C=O) groups excluding carboxylic acids is 1. The van der Waals surface area contributed by atoms with Gasteiger partial charge in [-0.05, 0) is 45.4 Å². The second-order valence-corrected chi connectivity index (χ2v) is 7.90. The second-order valence-electron chi connectivity index (χ2n) is 5.78. The summed E-state index contributed by atoms with van der Waals surface area (Å²) in [6.07, 6.45) is -0.0774. The molecule has 2 N–H and O–H groups in total. The Morgan fingerprint density at radius 2 is 1.92 bits per heavy atom. The predicted octanol–water partition coefficient (Wildman–Crippen LogP) is 2.44. The van der Waals surface area contributed by atoms with Gasteiger partial charge in [0.05, 0.1) is 17.1 Å². The van der Waals surface area contributed by atoms with Crippen molar-refractivity contribution in [3.8, 4) is 0 Å². The van der Waals surface area contributed by atoms with Crippen LogP contribution in [0.1, 0.15) is 44.0 Å². The summed E-state index contributed by atoms with van der Waals surface area (Å²) in [5.74, 6) is -1.70. The average molecular weight is 378 g/mol. The minimum Gasteiger partial charge on any atom is -0.481 e. The molecule has 1 aromatic rings. The molecule has 0 radical (unpaired) electrons. The molecule has 0 saturated carbocycles. The van der Waals surface area contributed by atoms with E-state index in [4.69, 9.17) is 21.4 Å². The monoisotopic (exact) mass is 377 g/mol. The van der Waals surface area contributed by atoms with E-state index in [1.54, 1.807) is 20.8 Å². The number of carboxylic acid groups (broad SMARTS) is 1. The van der Waals surface area contributed by atoms with Gasteiger partial charge in [-0.15, -0.1) is 0 Å². The van der Waals surface area contributed by atoms with Gasteiger partial charge in [0.2, 0.25) is 10.0 Å². The van der Waals surface area contributed by atoms with E-state index >= 15 is 0 Å². The summed E-state index contributed by atoms with van der Waals surface area (Å²) in [6, 6.07) is 3.69. The number of carboxylic acids is 1. The molecular formula is C15H20ClNO6S. The van der Waals surface area contributed by atoms with Crippen LogP contribution in [0, 0.1) is 0 Å². The maximum atomic E-state index is 12.5. The van der Waals surface area contributed by atoms with Gasteiger partial charge in [0.25, 0.3) is 0 Å². The first-order chi connectivity index (χ1) is 11.0. The Bertz CT molecular complexity index is 729. The molecule has 0 aliphatic heterocycles. The molecule has 0 aromatic heterocycles. The molecule has 0 fully saturated rings. The van der Waals surface area contributed by atoms with Crippen molar-refractivity contribution in [2.45, 2.75) is 44.0 Å². The van der Waals surface area contributed by atoms with Gasteiger partial charge in [0.15, 0.2) is 0 Å². The molecule has 0 amide bonds. The molecular weight excluding hydrogens is 358 g/mol. The number of benzene rings is 1. The summed E-state index contributed by atoms with van der Waals surface area (Å²) in [7, 11) is -3.99. The third-order valence-corrected chi connectivity index (χ3v) is 4.96. The molecule has 1 aromatic carbocycles. The van der Waals surface area contributed by atoms with Crippen LogP contribution in [-0.4, -0.2) is 37.6 Å². The minimum absolute atomic E-state index is 0.0214. The highest BCUT2D eigenvalue weighted by atomic mass is 35.5. The van der Waals surface area contributed by atoms with Crippen LogP contribution in [0.4, 0.5) is 0 Å². The average Bonchev–Trinajstić information content (AvgIpc) is 2.44.